The number of benzene rings is 3. The molecular formula is C29H25BrF3N3O4. The van der Waals surface area contributed by atoms with Gasteiger partial charge in [0.2, 0.25) is 5.91 Å². The van der Waals surface area contributed by atoms with Crippen LogP contribution in [0.15, 0.2) is 59.1 Å². The van der Waals surface area contributed by atoms with E-state index in [9.17, 15) is 23.1 Å². The van der Waals surface area contributed by atoms with E-state index in [0.717, 1.165) is 28.2 Å². The van der Waals surface area contributed by atoms with E-state index in [1.54, 1.807) is 11.1 Å². The zero-order valence-corrected chi connectivity index (χ0v) is 23.0. The lowest BCUT2D eigenvalue weighted by Crippen LogP contribution is -2.53. The van der Waals surface area contributed by atoms with Crippen LogP contribution >= 0.6 is 15.9 Å². The van der Waals surface area contributed by atoms with Crippen molar-refractivity contribution in [1.29, 1.82) is 5.26 Å². The van der Waals surface area contributed by atoms with Gasteiger partial charge in [-0.3, -0.25) is 4.79 Å². The summed E-state index contributed by atoms with van der Waals surface area (Å²) in [4.78, 5) is 13.8. The number of hydrazine groups is 1. The summed E-state index contributed by atoms with van der Waals surface area (Å²) in [5, 5.41) is 23.5. The van der Waals surface area contributed by atoms with Gasteiger partial charge in [0.25, 0.3) is 0 Å². The van der Waals surface area contributed by atoms with Gasteiger partial charge < -0.3 is 14.6 Å². The zero-order valence-electron chi connectivity index (χ0n) is 21.4. The molecule has 2 aliphatic heterocycles. The van der Waals surface area contributed by atoms with Gasteiger partial charge in [-0.2, -0.15) is 18.4 Å². The number of phenols is 1. The van der Waals surface area contributed by atoms with Gasteiger partial charge in [0, 0.05) is 29.2 Å². The van der Waals surface area contributed by atoms with E-state index in [-0.39, 0.29) is 35.5 Å². The Bertz CT molecular complexity index is 1490. The van der Waals surface area contributed by atoms with E-state index in [1.807, 2.05) is 30.1 Å². The summed E-state index contributed by atoms with van der Waals surface area (Å²) in [6.07, 6.45) is -3.73. The number of nitrogens with zero attached hydrogens (tertiary/aromatic N) is 3. The number of ether oxygens (including phenoxy) is 2. The average molecular weight is 616 g/mol. The highest BCUT2D eigenvalue weighted by Gasteiger charge is 2.43. The summed E-state index contributed by atoms with van der Waals surface area (Å²) in [5.74, 6) is -1.45. The summed E-state index contributed by atoms with van der Waals surface area (Å²) in [6, 6.07) is 14.5. The van der Waals surface area contributed by atoms with Crippen molar-refractivity contribution in [3.63, 3.8) is 0 Å². The molecule has 0 bridgehead atoms. The molecule has 11 heteroatoms. The van der Waals surface area contributed by atoms with Crippen LogP contribution in [0.2, 0.25) is 0 Å². The van der Waals surface area contributed by atoms with Gasteiger partial charge in [-0.25, -0.2) is 10.0 Å². The third kappa shape index (κ3) is 5.39. The number of amides is 1. The normalized spacial score (nSPS) is 19.4. The molecule has 208 valence electrons. The topological polar surface area (TPSA) is 86.0 Å². The maximum atomic E-state index is 13.8. The number of phenolic OH excluding ortho intramolecular Hbond substituents is 1. The van der Waals surface area contributed by atoms with Crippen LogP contribution in [0.5, 0.6) is 17.2 Å². The molecule has 0 radical (unpaired) electrons. The Morgan fingerprint density at radius 3 is 2.70 bits per heavy atom. The lowest BCUT2D eigenvalue weighted by Gasteiger charge is -2.38. The quantitative estimate of drug-likeness (QED) is 0.339. The lowest BCUT2D eigenvalue weighted by molar-refractivity contribution is -0.138. The second-order valence-corrected chi connectivity index (χ2v) is 10.5. The van der Waals surface area contributed by atoms with Crippen LogP contribution < -0.4 is 9.75 Å². The molecule has 1 saturated heterocycles. The Balaban J connectivity index is 1.41. The Morgan fingerprint density at radius 2 is 2.00 bits per heavy atom. The maximum absolute atomic E-state index is 13.8. The number of carbonyl (C=O) groups is 1. The van der Waals surface area contributed by atoms with Gasteiger partial charge in [0.05, 0.1) is 41.5 Å². The number of rotatable bonds is 6. The van der Waals surface area contributed by atoms with Crippen molar-refractivity contribution in [2.75, 3.05) is 24.7 Å². The van der Waals surface area contributed by atoms with Crippen molar-refractivity contribution in [3.8, 4) is 23.3 Å². The van der Waals surface area contributed by atoms with E-state index in [2.05, 4.69) is 15.9 Å². The molecule has 1 amide bonds. The molecule has 1 fully saturated rings. The number of hydrogen-bond donors (Lipinski definition) is 1. The Hall–Kier alpha value is -3.59. The van der Waals surface area contributed by atoms with Crippen molar-refractivity contribution < 1.29 is 32.5 Å². The van der Waals surface area contributed by atoms with Crippen molar-refractivity contribution in [2.45, 2.75) is 38.0 Å². The first-order valence-electron chi connectivity index (χ1n) is 12.7. The molecular weight excluding hydrogens is 591 g/mol. The molecule has 5 rings (SSSR count). The first-order valence-corrected chi connectivity index (χ1v) is 13.5. The Kier molecular flexibility index (Phi) is 7.77. The molecule has 0 saturated carbocycles. The second kappa shape index (κ2) is 11.1. The van der Waals surface area contributed by atoms with Gasteiger partial charge in [-0.1, -0.05) is 35.0 Å². The number of aromatic hydroxyl groups is 1. The van der Waals surface area contributed by atoms with E-state index >= 15 is 0 Å². The number of morpholine rings is 1. The van der Waals surface area contributed by atoms with E-state index in [0.29, 0.717) is 31.3 Å². The predicted octanol–water partition coefficient (Wildman–Crippen LogP) is 6.54. The van der Waals surface area contributed by atoms with Crippen LogP contribution in [-0.4, -0.2) is 41.8 Å². The predicted molar refractivity (Wildman–Crippen MR) is 144 cm³/mol. The molecule has 0 spiro atoms. The van der Waals surface area contributed by atoms with Crippen LogP contribution in [0.4, 0.5) is 18.9 Å². The molecule has 7 nitrogen and oxygen atoms in total. The van der Waals surface area contributed by atoms with Crippen LogP contribution in [0.3, 0.4) is 0 Å². The molecule has 3 aromatic carbocycles. The van der Waals surface area contributed by atoms with Crippen LogP contribution in [0.1, 0.15) is 41.5 Å². The second-order valence-electron chi connectivity index (χ2n) is 9.61. The monoisotopic (exact) mass is 615 g/mol. The highest BCUT2D eigenvalue weighted by molar-refractivity contribution is 9.10. The Labute approximate surface area is 237 Å². The standard InChI is InChI=1S/C29H25BrF3N3O4/c1-2-19-16-35(10-11-39-19)36-24-5-3-4-23(30)27(24)21(28(36)38)13-18-7-8-20(14-25(18)37)40-26-9-6-17(15-34)12-22(26)29(31,32)33/h3-9,12,14,19,21,37H,2,10-11,13,16H2,1H3. The third-order valence-electron chi connectivity index (χ3n) is 7.09. The van der Waals surface area contributed by atoms with Gasteiger partial charge in [-0.05, 0) is 54.8 Å². The smallest absolute Gasteiger partial charge is 0.420 e. The summed E-state index contributed by atoms with van der Waals surface area (Å²) in [6.45, 7) is 3.68. The zero-order chi connectivity index (χ0) is 28.6. The SMILES string of the molecule is CCC1CN(N2C(=O)C(Cc3ccc(Oc4ccc(C#N)cc4C(F)(F)F)cc3O)c3c(Br)cccc32)CCO1. The number of alkyl halides is 3. The molecule has 3 aromatic rings. The fourth-order valence-electron chi connectivity index (χ4n) is 5.10. The number of anilines is 1. The maximum Gasteiger partial charge on any atom is 0.420 e. The average Bonchev–Trinajstić information content (AvgIpc) is 3.21. The van der Waals surface area contributed by atoms with Gasteiger partial charge in [-0.15, -0.1) is 0 Å². The fourth-order valence-corrected chi connectivity index (χ4v) is 5.73. The van der Waals surface area contributed by atoms with Crippen molar-refractivity contribution >= 4 is 27.5 Å². The largest absolute Gasteiger partial charge is 0.508 e. The molecule has 0 aromatic heterocycles. The van der Waals surface area contributed by atoms with E-state index in [1.165, 1.54) is 24.3 Å². The van der Waals surface area contributed by atoms with Gasteiger partial charge in [0.1, 0.15) is 17.2 Å². The first kappa shape index (κ1) is 28.0. The summed E-state index contributed by atoms with van der Waals surface area (Å²) in [7, 11) is 0. The Morgan fingerprint density at radius 1 is 1.20 bits per heavy atom. The fraction of sp³-hybridized carbons (Fsp3) is 0.310. The molecule has 2 unspecified atom stereocenters. The summed E-state index contributed by atoms with van der Waals surface area (Å²) >= 11 is 3.59. The number of fused-ring (bicyclic) bond motifs is 1. The molecule has 2 heterocycles. The van der Waals surface area contributed by atoms with Crippen LogP contribution in [-0.2, 0) is 22.1 Å². The van der Waals surface area contributed by atoms with Crippen molar-refractivity contribution in [3.05, 3.63) is 81.3 Å². The molecule has 2 aliphatic rings. The molecule has 0 aliphatic carbocycles. The van der Waals surface area contributed by atoms with Crippen molar-refractivity contribution in [2.24, 2.45) is 0 Å². The number of carbonyl (C=O) groups excluding carboxylic acids is 1. The van der Waals surface area contributed by atoms with Gasteiger partial charge in [0.15, 0.2) is 0 Å². The summed E-state index contributed by atoms with van der Waals surface area (Å²) in [5.41, 5.74) is 0.766. The van der Waals surface area contributed by atoms with Gasteiger partial charge >= 0.3 is 6.18 Å². The summed E-state index contributed by atoms with van der Waals surface area (Å²) < 4.78 is 52.7. The first-order chi connectivity index (χ1) is 19.1. The number of nitriles is 1. The van der Waals surface area contributed by atoms with Crippen LogP contribution in [0, 0.1) is 11.3 Å². The third-order valence-corrected chi connectivity index (χ3v) is 7.78. The minimum atomic E-state index is -4.74. The van der Waals surface area contributed by atoms with E-state index in [4.69, 9.17) is 14.7 Å². The number of hydrogen-bond acceptors (Lipinski definition) is 6. The van der Waals surface area contributed by atoms with Crippen LogP contribution in [0.25, 0.3) is 0 Å². The molecule has 2 atom stereocenters. The molecule has 40 heavy (non-hydrogen) atoms. The number of halogens is 4. The minimum Gasteiger partial charge on any atom is -0.508 e. The molecule has 1 N–H and O–H groups in total. The van der Waals surface area contributed by atoms with E-state index < -0.39 is 23.4 Å². The highest BCUT2D eigenvalue weighted by Crippen LogP contribution is 2.46. The van der Waals surface area contributed by atoms with Crippen molar-refractivity contribution in [1.82, 2.24) is 5.01 Å². The lowest BCUT2D eigenvalue weighted by atomic mass is 9.92. The minimum absolute atomic E-state index is 0.0155. The highest BCUT2D eigenvalue weighted by atomic mass is 79.9.